The Kier molecular flexibility index (Phi) is 6.10. The lowest BCUT2D eigenvalue weighted by Gasteiger charge is -2.42. The van der Waals surface area contributed by atoms with Crippen LogP contribution in [0.3, 0.4) is 0 Å². The van der Waals surface area contributed by atoms with Gasteiger partial charge in [-0.1, -0.05) is 49.1 Å². The Bertz CT molecular complexity index is 1330. The predicted molar refractivity (Wildman–Crippen MR) is 143 cm³/mol. The van der Waals surface area contributed by atoms with Gasteiger partial charge < -0.3 is 14.6 Å². The molecule has 1 N–H and O–H groups in total. The normalized spacial score (nSPS) is 32.8. The lowest BCUT2D eigenvalue weighted by Crippen LogP contribution is -2.48. The van der Waals surface area contributed by atoms with Crippen LogP contribution in [0.15, 0.2) is 77.4 Å². The summed E-state index contributed by atoms with van der Waals surface area (Å²) in [6.07, 6.45) is 6.41. The van der Waals surface area contributed by atoms with Crippen molar-refractivity contribution in [2.75, 3.05) is 13.7 Å². The average Bonchev–Trinajstić information content (AvgIpc) is 3.10. The molecule has 4 nitrogen and oxygen atoms in total. The standard InChI is InChI=1S/C33H34O4/c1-32-21-37-31(23-8-12-26(36-2)13-9-23)30-27-15-11-25(34)20-24(27)10-14-28(30)29(32)17-19-33(32,35)18-16-22-6-4-3-5-7-22/h3-9,12-13,20,28-29,31,35H,10-11,14-15,17,19,21H2,1-2H3/t28?,29?,31-,32?,33-/m0/s1. The molecule has 4 aliphatic rings. The predicted octanol–water partition coefficient (Wildman–Crippen LogP) is 5.96. The van der Waals surface area contributed by atoms with Gasteiger partial charge in [-0.25, -0.2) is 0 Å². The van der Waals surface area contributed by atoms with Crippen LogP contribution in [0.5, 0.6) is 5.75 Å². The fourth-order valence-corrected chi connectivity index (χ4v) is 7.23. The molecule has 6 rings (SSSR count). The van der Waals surface area contributed by atoms with E-state index in [4.69, 9.17) is 9.47 Å². The van der Waals surface area contributed by atoms with E-state index in [1.54, 1.807) is 7.11 Å². The summed E-state index contributed by atoms with van der Waals surface area (Å²) in [5.41, 5.74) is 4.19. The highest BCUT2D eigenvalue weighted by Gasteiger charge is 2.61. The monoisotopic (exact) mass is 494 g/mol. The molecule has 190 valence electrons. The molecule has 37 heavy (non-hydrogen) atoms. The van der Waals surface area contributed by atoms with E-state index in [0.29, 0.717) is 19.4 Å². The second-order valence-corrected chi connectivity index (χ2v) is 11.2. The lowest BCUT2D eigenvalue weighted by atomic mass is 9.61. The van der Waals surface area contributed by atoms with E-state index in [2.05, 4.69) is 30.9 Å². The molecule has 0 bridgehead atoms. The van der Waals surface area contributed by atoms with E-state index in [1.807, 2.05) is 48.5 Å². The Labute approximate surface area is 219 Å². The maximum Gasteiger partial charge on any atom is 0.156 e. The molecule has 0 spiro atoms. The summed E-state index contributed by atoms with van der Waals surface area (Å²) >= 11 is 0. The van der Waals surface area contributed by atoms with Crippen LogP contribution in [-0.2, 0) is 9.53 Å². The lowest BCUT2D eigenvalue weighted by molar-refractivity contribution is -0.114. The molecular formula is C33H34O4. The molecule has 2 fully saturated rings. The van der Waals surface area contributed by atoms with Gasteiger partial charge >= 0.3 is 0 Å². The number of benzene rings is 2. The molecule has 1 saturated heterocycles. The van der Waals surface area contributed by atoms with Gasteiger partial charge in [0.15, 0.2) is 5.78 Å². The number of fused-ring (bicyclic) bond motifs is 4. The van der Waals surface area contributed by atoms with E-state index in [9.17, 15) is 9.90 Å². The number of aliphatic hydroxyl groups is 1. The number of rotatable bonds is 2. The Morgan fingerprint density at radius 2 is 1.81 bits per heavy atom. The van der Waals surface area contributed by atoms with E-state index < -0.39 is 11.0 Å². The largest absolute Gasteiger partial charge is 0.497 e. The van der Waals surface area contributed by atoms with Gasteiger partial charge in [0, 0.05) is 17.4 Å². The van der Waals surface area contributed by atoms with Gasteiger partial charge in [-0.3, -0.25) is 4.79 Å². The molecule has 3 unspecified atom stereocenters. The van der Waals surface area contributed by atoms with Crippen LogP contribution < -0.4 is 4.74 Å². The smallest absolute Gasteiger partial charge is 0.156 e. The summed E-state index contributed by atoms with van der Waals surface area (Å²) in [6.45, 7) is 2.61. The fraction of sp³-hybridized carbons (Fsp3) is 0.424. The van der Waals surface area contributed by atoms with Crippen molar-refractivity contribution in [3.05, 3.63) is 88.5 Å². The molecule has 2 aromatic rings. The number of carbonyl (C=O) groups is 1. The molecule has 2 aromatic carbocycles. The van der Waals surface area contributed by atoms with Crippen molar-refractivity contribution >= 4 is 5.78 Å². The van der Waals surface area contributed by atoms with Crippen molar-refractivity contribution in [3.63, 3.8) is 0 Å². The molecule has 0 radical (unpaired) electrons. The first-order valence-corrected chi connectivity index (χ1v) is 13.4. The number of hydrogen-bond donors (Lipinski definition) is 1. The van der Waals surface area contributed by atoms with Gasteiger partial charge in [-0.05, 0) is 96.6 Å². The summed E-state index contributed by atoms with van der Waals surface area (Å²) in [4.78, 5) is 12.3. The zero-order valence-corrected chi connectivity index (χ0v) is 21.6. The van der Waals surface area contributed by atoms with Crippen molar-refractivity contribution in [2.24, 2.45) is 17.3 Å². The van der Waals surface area contributed by atoms with Crippen molar-refractivity contribution < 1.29 is 19.4 Å². The molecule has 1 aliphatic heterocycles. The quantitative estimate of drug-likeness (QED) is 0.524. The number of ether oxygens (including phenoxy) is 2. The highest BCUT2D eigenvalue weighted by molar-refractivity contribution is 5.93. The van der Waals surface area contributed by atoms with Gasteiger partial charge in [-0.15, -0.1) is 0 Å². The minimum absolute atomic E-state index is 0.212. The molecule has 1 heterocycles. The van der Waals surface area contributed by atoms with Gasteiger partial charge in [0.2, 0.25) is 0 Å². The Hall–Kier alpha value is -3.13. The van der Waals surface area contributed by atoms with Crippen LogP contribution in [0.4, 0.5) is 0 Å². The molecule has 3 aliphatic carbocycles. The zero-order chi connectivity index (χ0) is 25.6. The second kappa shape index (κ2) is 9.31. The third kappa shape index (κ3) is 4.06. The van der Waals surface area contributed by atoms with E-state index in [0.717, 1.165) is 42.6 Å². The molecular weight excluding hydrogens is 460 g/mol. The maximum absolute atomic E-state index is 12.3. The molecule has 4 heteroatoms. The van der Waals surface area contributed by atoms with Crippen molar-refractivity contribution in [1.29, 1.82) is 0 Å². The number of allylic oxidation sites excluding steroid dienone is 3. The van der Waals surface area contributed by atoms with E-state index in [1.165, 1.54) is 16.7 Å². The third-order valence-electron chi connectivity index (χ3n) is 9.32. The topological polar surface area (TPSA) is 55.8 Å². The zero-order valence-electron chi connectivity index (χ0n) is 21.6. The minimum atomic E-state index is -1.13. The summed E-state index contributed by atoms with van der Waals surface area (Å²) in [7, 11) is 1.67. The van der Waals surface area contributed by atoms with Gasteiger partial charge in [0.05, 0.1) is 13.7 Å². The molecule has 0 aromatic heterocycles. The second-order valence-electron chi connectivity index (χ2n) is 11.2. The summed E-state index contributed by atoms with van der Waals surface area (Å²) < 4.78 is 12.2. The van der Waals surface area contributed by atoms with Gasteiger partial charge in [0.1, 0.15) is 17.5 Å². The first-order chi connectivity index (χ1) is 17.9. The van der Waals surface area contributed by atoms with Gasteiger partial charge in [0.25, 0.3) is 0 Å². The Morgan fingerprint density at radius 1 is 1.03 bits per heavy atom. The first-order valence-electron chi connectivity index (χ1n) is 13.4. The molecule has 0 amide bonds. The number of hydrogen-bond acceptors (Lipinski definition) is 4. The fourth-order valence-electron chi connectivity index (χ4n) is 7.23. The number of methoxy groups -OCH3 is 1. The highest BCUT2D eigenvalue weighted by Crippen LogP contribution is 2.61. The van der Waals surface area contributed by atoms with Crippen LogP contribution >= 0.6 is 0 Å². The number of ketones is 1. The Morgan fingerprint density at radius 3 is 2.57 bits per heavy atom. The first kappa shape index (κ1) is 24.2. The summed E-state index contributed by atoms with van der Waals surface area (Å²) in [6, 6.07) is 18.0. The average molecular weight is 495 g/mol. The SMILES string of the molecule is COc1ccc([C@@H]2OCC3(C)C(CC[C@@]3(O)C#Cc3ccccc3)C3CCC4=CC(=O)CCC4=C32)cc1. The van der Waals surface area contributed by atoms with Crippen molar-refractivity contribution in [2.45, 2.75) is 57.2 Å². The summed E-state index contributed by atoms with van der Waals surface area (Å²) in [5, 5.41) is 12.1. The van der Waals surface area contributed by atoms with Crippen LogP contribution in [0, 0.1) is 29.1 Å². The van der Waals surface area contributed by atoms with Crippen molar-refractivity contribution in [1.82, 2.24) is 0 Å². The highest BCUT2D eigenvalue weighted by atomic mass is 16.5. The van der Waals surface area contributed by atoms with Gasteiger partial charge in [-0.2, -0.15) is 0 Å². The third-order valence-corrected chi connectivity index (χ3v) is 9.32. The Balaban J connectivity index is 1.45. The number of carbonyl (C=O) groups excluding carboxylic acids is 1. The van der Waals surface area contributed by atoms with E-state index >= 15 is 0 Å². The van der Waals surface area contributed by atoms with Crippen LogP contribution in [-0.4, -0.2) is 30.2 Å². The van der Waals surface area contributed by atoms with E-state index in [-0.39, 0.29) is 23.7 Å². The maximum atomic E-state index is 12.3. The molecule has 1 saturated carbocycles. The minimum Gasteiger partial charge on any atom is -0.497 e. The summed E-state index contributed by atoms with van der Waals surface area (Å²) in [5.74, 6) is 8.14. The van der Waals surface area contributed by atoms with Crippen LogP contribution in [0.1, 0.15) is 62.7 Å². The van der Waals surface area contributed by atoms with Crippen LogP contribution in [0.25, 0.3) is 0 Å². The molecule has 5 atom stereocenters. The van der Waals surface area contributed by atoms with Crippen molar-refractivity contribution in [3.8, 4) is 17.6 Å². The van der Waals surface area contributed by atoms with Crippen LogP contribution in [0.2, 0.25) is 0 Å².